The minimum atomic E-state index is 0.761. The zero-order valence-electron chi connectivity index (χ0n) is 14.9. The van der Waals surface area contributed by atoms with E-state index in [1.165, 1.54) is 48.9 Å². The predicted octanol–water partition coefficient (Wildman–Crippen LogP) is 5.95. The summed E-state index contributed by atoms with van der Waals surface area (Å²) in [4.78, 5) is 3.77. The van der Waals surface area contributed by atoms with E-state index < -0.39 is 0 Å². The molecule has 0 spiro atoms. The van der Waals surface area contributed by atoms with Gasteiger partial charge in [-0.1, -0.05) is 30.3 Å². The van der Waals surface area contributed by atoms with Gasteiger partial charge in [0.15, 0.2) is 0 Å². The average Bonchev–Trinajstić information content (AvgIpc) is 3.21. The SMILES string of the molecule is Cc1ccc(C)c2c(CCCCN)c(-c3csc4ccccc34)[nH]c12. The molecule has 0 atom stereocenters. The summed E-state index contributed by atoms with van der Waals surface area (Å²) in [5.74, 6) is 0. The van der Waals surface area contributed by atoms with Crippen LogP contribution in [0.5, 0.6) is 0 Å². The Balaban J connectivity index is 1.97. The lowest BCUT2D eigenvalue weighted by atomic mass is 9.97. The third-order valence-corrected chi connectivity index (χ3v) is 6.07. The number of aromatic nitrogens is 1. The third-order valence-electron chi connectivity index (χ3n) is 5.11. The third kappa shape index (κ3) is 2.78. The summed E-state index contributed by atoms with van der Waals surface area (Å²) >= 11 is 1.82. The van der Waals surface area contributed by atoms with E-state index in [0.29, 0.717) is 0 Å². The highest BCUT2D eigenvalue weighted by molar-refractivity contribution is 7.17. The van der Waals surface area contributed by atoms with E-state index in [9.17, 15) is 0 Å². The number of nitrogens with one attached hydrogen (secondary N) is 1. The molecule has 0 bridgehead atoms. The van der Waals surface area contributed by atoms with Crippen molar-refractivity contribution in [2.45, 2.75) is 33.1 Å². The number of hydrogen-bond acceptors (Lipinski definition) is 2. The first kappa shape index (κ1) is 16.4. The van der Waals surface area contributed by atoms with Crippen molar-refractivity contribution in [3.8, 4) is 11.3 Å². The van der Waals surface area contributed by atoms with Gasteiger partial charge in [0.1, 0.15) is 0 Å². The lowest BCUT2D eigenvalue weighted by Gasteiger charge is -2.06. The molecule has 0 aliphatic carbocycles. The molecule has 0 radical (unpaired) electrons. The van der Waals surface area contributed by atoms with Crippen LogP contribution >= 0.6 is 11.3 Å². The summed E-state index contributed by atoms with van der Waals surface area (Å²) in [5.41, 5.74) is 13.8. The zero-order chi connectivity index (χ0) is 17.4. The minimum Gasteiger partial charge on any atom is -0.354 e. The number of H-pyrrole nitrogens is 1. The molecular formula is C22H24N2S. The second-order valence-corrected chi connectivity index (χ2v) is 7.73. The molecule has 0 amide bonds. The Morgan fingerprint density at radius 1 is 1.00 bits per heavy atom. The van der Waals surface area contributed by atoms with Crippen LogP contribution in [-0.4, -0.2) is 11.5 Å². The van der Waals surface area contributed by atoms with Crippen LogP contribution < -0.4 is 5.73 Å². The molecule has 0 aliphatic rings. The number of fused-ring (bicyclic) bond motifs is 2. The molecule has 0 unspecified atom stereocenters. The maximum atomic E-state index is 5.74. The van der Waals surface area contributed by atoms with E-state index in [0.717, 1.165) is 25.8 Å². The fourth-order valence-electron chi connectivity index (χ4n) is 3.78. The van der Waals surface area contributed by atoms with Crippen molar-refractivity contribution in [2.75, 3.05) is 6.54 Å². The zero-order valence-corrected chi connectivity index (χ0v) is 15.7. The highest BCUT2D eigenvalue weighted by atomic mass is 32.1. The van der Waals surface area contributed by atoms with Gasteiger partial charge in [0.05, 0.1) is 5.69 Å². The first-order chi connectivity index (χ1) is 12.2. The summed E-state index contributed by atoms with van der Waals surface area (Å²) in [6.07, 6.45) is 3.27. The summed E-state index contributed by atoms with van der Waals surface area (Å²) in [7, 11) is 0. The maximum absolute atomic E-state index is 5.74. The van der Waals surface area contributed by atoms with E-state index in [4.69, 9.17) is 5.73 Å². The van der Waals surface area contributed by atoms with Gasteiger partial charge in [0.25, 0.3) is 0 Å². The van der Waals surface area contributed by atoms with Crippen LogP contribution in [0.2, 0.25) is 0 Å². The van der Waals surface area contributed by atoms with E-state index in [-0.39, 0.29) is 0 Å². The molecule has 4 rings (SSSR count). The van der Waals surface area contributed by atoms with Gasteiger partial charge in [-0.15, -0.1) is 11.3 Å². The maximum Gasteiger partial charge on any atom is 0.0512 e. The standard InChI is InChI=1S/C22H24N2S/c1-14-10-11-15(2)21-20(14)17(8-5-6-12-23)22(24-21)18-13-25-19-9-4-3-7-16(18)19/h3-4,7,9-11,13,24H,5-6,8,12,23H2,1-2H3. The largest absolute Gasteiger partial charge is 0.354 e. The molecule has 3 heteroatoms. The topological polar surface area (TPSA) is 41.8 Å². The molecule has 2 aromatic carbocycles. The molecule has 128 valence electrons. The Morgan fingerprint density at radius 2 is 1.80 bits per heavy atom. The number of thiophene rings is 1. The Hall–Kier alpha value is -2.10. The van der Waals surface area contributed by atoms with Crippen LogP contribution in [-0.2, 0) is 6.42 Å². The molecular weight excluding hydrogens is 324 g/mol. The second-order valence-electron chi connectivity index (χ2n) is 6.82. The molecule has 0 saturated heterocycles. The van der Waals surface area contributed by atoms with Crippen molar-refractivity contribution in [1.82, 2.24) is 4.98 Å². The van der Waals surface area contributed by atoms with Crippen molar-refractivity contribution in [2.24, 2.45) is 5.73 Å². The van der Waals surface area contributed by atoms with Gasteiger partial charge in [-0.05, 0) is 62.4 Å². The van der Waals surface area contributed by atoms with E-state index in [1.54, 1.807) is 0 Å². The molecule has 25 heavy (non-hydrogen) atoms. The molecule has 3 N–H and O–H groups in total. The highest BCUT2D eigenvalue weighted by Gasteiger charge is 2.18. The van der Waals surface area contributed by atoms with Gasteiger partial charge >= 0.3 is 0 Å². The lowest BCUT2D eigenvalue weighted by molar-refractivity contribution is 0.748. The first-order valence-corrected chi connectivity index (χ1v) is 9.86. The van der Waals surface area contributed by atoms with Crippen LogP contribution in [0, 0.1) is 13.8 Å². The van der Waals surface area contributed by atoms with Crippen LogP contribution in [0.25, 0.3) is 32.2 Å². The normalized spacial score (nSPS) is 11.6. The second kappa shape index (κ2) is 6.66. The van der Waals surface area contributed by atoms with Crippen molar-refractivity contribution >= 4 is 32.3 Å². The summed E-state index contributed by atoms with van der Waals surface area (Å²) in [6.45, 7) is 5.17. The predicted molar refractivity (Wildman–Crippen MR) is 111 cm³/mol. The van der Waals surface area contributed by atoms with Crippen molar-refractivity contribution in [3.63, 3.8) is 0 Å². The first-order valence-electron chi connectivity index (χ1n) is 8.98. The number of benzene rings is 2. The van der Waals surface area contributed by atoms with Gasteiger partial charge in [0.2, 0.25) is 0 Å². The molecule has 0 fully saturated rings. The highest BCUT2D eigenvalue weighted by Crippen LogP contribution is 2.40. The summed E-state index contributed by atoms with van der Waals surface area (Å²) in [6, 6.07) is 13.1. The van der Waals surface area contributed by atoms with Gasteiger partial charge in [0, 0.05) is 31.9 Å². The van der Waals surface area contributed by atoms with E-state index in [1.807, 2.05) is 11.3 Å². The summed E-state index contributed by atoms with van der Waals surface area (Å²) < 4.78 is 1.34. The lowest BCUT2D eigenvalue weighted by Crippen LogP contribution is -1.99. The number of hydrogen-bond donors (Lipinski definition) is 2. The molecule has 2 aromatic heterocycles. The van der Waals surface area contributed by atoms with Crippen molar-refractivity contribution in [3.05, 3.63) is 58.5 Å². The molecule has 2 heterocycles. The van der Waals surface area contributed by atoms with Gasteiger partial charge < -0.3 is 10.7 Å². The van der Waals surface area contributed by atoms with Crippen LogP contribution in [0.3, 0.4) is 0 Å². The van der Waals surface area contributed by atoms with Crippen molar-refractivity contribution in [1.29, 1.82) is 0 Å². The number of rotatable bonds is 5. The van der Waals surface area contributed by atoms with Gasteiger partial charge in [-0.25, -0.2) is 0 Å². The Kier molecular flexibility index (Phi) is 4.36. The average molecular weight is 349 g/mol. The van der Waals surface area contributed by atoms with Crippen molar-refractivity contribution < 1.29 is 0 Å². The fourth-order valence-corrected chi connectivity index (χ4v) is 4.74. The Labute approximate surface area is 152 Å². The number of unbranched alkanes of at least 4 members (excludes halogenated alkanes) is 1. The molecule has 0 aliphatic heterocycles. The van der Waals surface area contributed by atoms with Gasteiger partial charge in [-0.3, -0.25) is 0 Å². The van der Waals surface area contributed by atoms with Gasteiger partial charge in [-0.2, -0.15) is 0 Å². The Bertz CT molecular complexity index is 1040. The molecule has 4 aromatic rings. The smallest absolute Gasteiger partial charge is 0.0512 e. The molecule has 0 saturated carbocycles. The van der Waals surface area contributed by atoms with E-state index >= 15 is 0 Å². The van der Waals surface area contributed by atoms with E-state index in [2.05, 4.69) is 60.6 Å². The number of aryl methyl sites for hydroxylation is 3. The molecule has 2 nitrogen and oxygen atoms in total. The van der Waals surface area contributed by atoms with Crippen LogP contribution in [0.4, 0.5) is 0 Å². The van der Waals surface area contributed by atoms with Crippen LogP contribution in [0.15, 0.2) is 41.8 Å². The number of aromatic amines is 1. The minimum absolute atomic E-state index is 0.761. The quantitative estimate of drug-likeness (QED) is 0.430. The fraction of sp³-hybridized carbons (Fsp3) is 0.273. The monoisotopic (exact) mass is 348 g/mol. The Morgan fingerprint density at radius 3 is 2.64 bits per heavy atom. The van der Waals surface area contributed by atoms with Crippen LogP contribution in [0.1, 0.15) is 29.5 Å². The number of nitrogens with two attached hydrogens (primary N) is 1. The summed E-state index contributed by atoms with van der Waals surface area (Å²) in [5, 5.41) is 5.05.